The van der Waals surface area contributed by atoms with Gasteiger partial charge in [0.25, 0.3) is 0 Å². The van der Waals surface area contributed by atoms with Gasteiger partial charge in [-0.25, -0.2) is 0 Å². The topological polar surface area (TPSA) is 42.4 Å². The van der Waals surface area contributed by atoms with Gasteiger partial charge in [0.05, 0.1) is 11.6 Å². The summed E-state index contributed by atoms with van der Waals surface area (Å²) in [6.07, 6.45) is 1.01. The normalized spacial score (nSPS) is 12.2. The number of aromatic nitrogens is 1. The summed E-state index contributed by atoms with van der Waals surface area (Å²) in [4.78, 5) is 4.19. The molecule has 0 radical (unpaired) electrons. The molecular formula is C14H14BrNO2. The molecule has 1 unspecified atom stereocenters. The van der Waals surface area contributed by atoms with Crippen LogP contribution < -0.4 is 4.74 Å². The van der Waals surface area contributed by atoms with Gasteiger partial charge in [-0.2, -0.15) is 0 Å². The number of aliphatic hydroxyl groups excluding tert-OH is 1. The van der Waals surface area contributed by atoms with Crippen molar-refractivity contribution in [2.45, 2.75) is 13.0 Å². The molecule has 0 saturated carbocycles. The maximum absolute atomic E-state index is 10.3. The van der Waals surface area contributed by atoms with Gasteiger partial charge in [0.2, 0.25) is 0 Å². The molecule has 4 heteroatoms. The number of nitrogens with zero attached hydrogens (tertiary/aromatic N) is 1. The zero-order valence-corrected chi connectivity index (χ0v) is 11.8. The summed E-state index contributed by atoms with van der Waals surface area (Å²) in [5.41, 5.74) is 2.51. The fourth-order valence-corrected chi connectivity index (χ4v) is 2.24. The Labute approximate surface area is 115 Å². The number of aryl methyl sites for hydroxylation is 1. The van der Waals surface area contributed by atoms with Gasteiger partial charge in [-0.15, -0.1) is 0 Å². The molecule has 2 rings (SSSR count). The maximum Gasteiger partial charge on any atom is 0.133 e. The Morgan fingerprint density at radius 1 is 1.22 bits per heavy atom. The van der Waals surface area contributed by atoms with Crippen molar-refractivity contribution in [3.8, 4) is 5.75 Å². The van der Waals surface area contributed by atoms with Crippen molar-refractivity contribution in [3.05, 3.63) is 57.8 Å². The van der Waals surface area contributed by atoms with Gasteiger partial charge in [-0.05, 0) is 46.6 Å². The zero-order chi connectivity index (χ0) is 13.1. The molecule has 0 aliphatic carbocycles. The molecule has 1 N–H and O–H groups in total. The van der Waals surface area contributed by atoms with E-state index in [1.165, 1.54) is 0 Å². The second-order valence-corrected chi connectivity index (χ2v) is 4.88. The first kappa shape index (κ1) is 13.1. The van der Waals surface area contributed by atoms with Crippen LogP contribution in [-0.4, -0.2) is 17.2 Å². The first-order chi connectivity index (χ1) is 8.61. The van der Waals surface area contributed by atoms with E-state index < -0.39 is 6.10 Å². The highest BCUT2D eigenvalue weighted by molar-refractivity contribution is 9.10. The average Bonchev–Trinajstić information content (AvgIpc) is 2.38. The predicted octanol–water partition coefficient (Wildman–Crippen LogP) is 3.24. The van der Waals surface area contributed by atoms with E-state index in [2.05, 4.69) is 20.9 Å². The molecule has 0 saturated heterocycles. The van der Waals surface area contributed by atoms with Gasteiger partial charge in [0, 0.05) is 17.5 Å². The van der Waals surface area contributed by atoms with E-state index in [0.717, 1.165) is 27.0 Å². The number of pyridine rings is 1. The summed E-state index contributed by atoms with van der Waals surface area (Å²) < 4.78 is 5.98. The molecule has 0 aliphatic rings. The van der Waals surface area contributed by atoms with Crippen molar-refractivity contribution in [2.24, 2.45) is 0 Å². The van der Waals surface area contributed by atoms with Gasteiger partial charge in [0.15, 0.2) is 0 Å². The van der Waals surface area contributed by atoms with Crippen molar-refractivity contribution in [2.75, 3.05) is 7.11 Å². The molecule has 1 atom stereocenters. The number of hydrogen-bond acceptors (Lipinski definition) is 3. The molecule has 1 aromatic carbocycles. The van der Waals surface area contributed by atoms with Gasteiger partial charge >= 0.3 is 0 Å². The van der Waals surface area contributed by atoms with E-state index >= 15 is 0 Å². The SMILES string of the molecule is COc1ccc(C(O)c2ccc(C)nc2)cc1Br. The minimum absolute atomic E-state index is 0.680. The summed E-state index contributed by atoms with van der Waals surface area (Å²) in [6, 6.07) is 9.28. The van der Waals surface area contributed by atoms with Crippen molar-refractivity contribution in [1.29, 1.82) is 0 Å². The zero-order valence-electron chi connectivity index (χ0n) is 10.2. The highest BCUT2D eigenvalue weighted by Crippen LogP contribution is 2.30. The Bertz CT molecular complexity index is 540. The fraction of sp³-hybridized carbons (Fsp3) is 0.214. The molecule has 0 spiro atoms. The second-order valence-electron chi connectivity index (χ2n) is 4.03. The van der Waals surface area contributed by atoms with Crippen LogP contribution in [0.5, 0.6) is 5.75 Å². The highest BCUT2D eigenvalue weighted by Gasteiger charge is 2.12. The lowest BCUT2D eigenvalue weighted by atomic mass is 10.0. The molecular weight excluding hydrogens is 294 g/mol. The summed E-state index contributed by atoms with van der Waals surface area (Å²) in [5, 5.41) is 10.3. The Morgan fingerprint density at radius 3 is 2.50 bits per heavy atom. The Hall–Kier alpha value is -1.39. The largest absolute Gasteiger partial charge is 0.496 e. The van der Waals surface area contributed by atoms with Crippen LogP contribution in [0.1, 0.15) is 22.9 Å². The van der Waals surface area contributed by atoms with Crippen molar-refractivity contribution in [3.63, 3.8) is 0 Å². The van der Waals surface area contributed by atoms with E-state index in [4.69, 9.17) is 4.74 Å². The quantitative estimate of drug-likeness (QED) is 0.946. The lowest BCUT2D eigenvalue weighted by molar-refractivity contribution is 0.219. The highest BCUT2D eigenvalue weighted by atomic mass is 79.9. The second kappa shape index (κ2) is 5.50. The summed E-state index contributed by atoms with van der Waals surface area (Å²) >= 11 is 3.41. The third-order valence-electron chi connectivity index (χ3n) is 2.74. The van der Waals surface area contributed by atoms with Crippen LogP contribution in [-0.2, 0) is 0 Å². The van der Waals surface area contributed by atoms with E-state index in [0.29, 0.717) is 0 Å². The molecule has 2 aromatic rings. The van der Waals surface area contributed by atoms with Crippen LogP contribution in [0.4, 0.5) is 0 Å². The Balaban J connectivity index is 2.31. The van der Waals surface area contributed by atoms with Gasteiger partial charge < -0.3 is 9.84 Å². The van der Waals surface area contributed by atoms with Crippen LogP contribution in [0.3, 0.4) is 0 Å². The molecule has 3 nitrogen and oxygen atoms in total. The van der Waals surface area contributed by atoms with Crippen molar-refractivity contribution in [1.82, 2.24) is 4.98 Å². The van der Waals surface area contributed by atoms with Crippen molar-refractivity contribution >= 4 is 15.9 Å². The van der Waals surface area contributed by atoms with E-state index in [9.17, 15) is 5.11 Å². The molecule has 94 valence electrons. The number of ether oxygens (including phenoxy) is 1. The van der Waals surface area contributed by atoms with Crippen LogP contribution in [0.25, 0.3) is 0 Å². The molecule has 1 aromatic heterocycles. The number of hydrogen-bond donors (Lipinski definition) is 1. The number of rotatable bonds is 3. The first-order valence-corrected chi connectivity index (χ1v) is 6.35. The third kappa shape index (κ3) is 2.71. The number of halogens is 1. The molecule has 0 fully saturated rings. The number of methoxy groups -OCH3 is 1. The van der Waals surface area contributed by atoms with Gasteiger partial charge in [-0.1, -0.05) is 12.1 Å². The molecule has 0 amide bonds. The van der Waals surface area contributed by atoms with Crippen molar-refractivity contribution < 1.29 is 9.84 Å². The van der Waals surface area contributed by atoms with Crippen LogP contribution in [0, 0.1) is 6.92 Å². The minimum atomic E-state index is -0.680. The predicted molar refractivity (Wildman–Crippen MR) is 73.7 cm³/mol. The molecule has 0 aliphatic heterocycles. The summed E-state index contributed by atoms with van der Waals surface area (Å²) in [5.74, 6) is 0.744. The first-order valence-electron chi connectivity index (χ1n) is 5.56. The van der Waals surface area contributed by atoms with E-state index in [1.54, 1.807) is 13.3 Å². The van der Waals surface area contributed by atoms with E-state index in [1.807, 2.05) is 37.3 Å². The number of benzene rings is 1. The molecule has 0 bridgehead atoms. The molecule has 18 heavy (non-hydrogen) atoms. The number of aliphatic hydroxyl groups is 1. The maximum atomic E-state index is 10.3. The van der Waals surface area contributed by atoms with Crippen LogP contribution in [0.2, 0.25) is 0 Å². The minimum Gasteiger partial charge on any atom is -0.496 e. The third-order valence-corrected chi connectivity index (χ3v) is 3.36. The van der Waals surface area contributed by atoms with Crippen LogP contribution >= 0.6 is 15.9 Å². The smallest absolute Gasteiger partial charge is 0.133 e. The van der Waals surface area contributed by atoms with E-state index in [-0.39, 0.29) is 0 Å². The standard InChI is InChI=1S/C14H14BrNO2/c1-9-3-4-11(8-16-9)14(17)10-5-6-13(18-2)12(15)7-10/h3-8,14,17H,1-2H3. The Kier molecular flexibility index (Phi) is 3.99. The summed E-state index contributed by atoms with van der Waals surface area (Å²) in [6.45, 7) is 1.92. The molecule has 1 heterocycles. The summed E-state index contributed by atoms with van der Waals surface area (Å²) in [7, 11) is 1.61. The van der Waals surface area contributed by atoms with Crippen LogP contribution in [0.15, 0.2) is 41.0 Å². The monoisotopic (exact) mass is 307 g/mol. The average molecular weight is 308 g/mol. The lowest BCUT2D eigenvalue weighted by Crippen LogP contribution is -2.01. The van der Waals surface area contributed by atoms with Gasteiger partial charge in [-0.3, -0.25) is 4.98 Å². The van der Waals surface area contributed by atoms with Gasteiger partial charge in [0.1, 0.15) is 11.9 Å². The fourth-order valence-electron chi connectivity index (χ4n) is 1.69. The lowest BCUT2D eigenvalue weighted by Gasteiger charge is -2.13. The Morgan fingerprint density at radius 2 is 1.94 bits per heavy atom.